The molecule has 0 radical (unpaired) electrons. The summed E-state index contributed by atoms with van der Waals surface area (Å²) < 4.78 is 6.23. The van der Waals surface area contributed by atoms with Crippen LogP contribution in [0.3, 0.4) is 0 Å². The van der Waals surface area contributed by atoms with Crippen molar-refractivity contribution >= 4 is 38.9 Å². The van der Waals surface area contributed by atoms with Gasteiger partial charge < -0.3 is 15.4 Å². The minimum absolute atomic E-state index is 0.0848. The van der Waals surface area contributed by atoms with Crippen LogP contribution in [0, 0.1) is 0 Å². The molecular weight excluding hydrogens is 352 g/mol. The van der Waals surface area contributed by atoms with E-state index >= 15 is 0 Å². The summed E-state index contributed by atoms with van der Waals surface area (Å²) in [5.41, 5.74) is 6.87. The van der Waals surface area contributed by atoms with Crippen LogP contribution in [0.4, 0.5) is 5.69 Å². The predicted octanol–water partition coefficient (Wildman–Crippen LogP) is 3.76. The fourth-order valence-electron chi connectivity index (χ4n) is 2.03. The Bertz CT molecular complexity index is 642. The molecule has 1 aromatic heterocycles. The molecule has 0 spiro atoms. The van der Waals surface area contributed by atoms with E-state index in [9.17, 15) is 4.79 Å². The molecule has 2 N–H and O–H groups in total. The number of hydrogen-bond donors (Lipinski definition) is 1. The summed E-state index contributed by atoms with van der Waals surface area (Å²) in [5, 5.41) is 0. The molecule has 1 aromatic carbocycles. The van der Waals surface area contributed by atoms with Gasteiger partial charge in [0.05, 0.1) is 28.7 Å². The van der Waals surface area contributed by atoms with Gasteiger partial charge in [0.1, 0.15) is 5.75 Å². The summed E-state index contributed by atoms with van der Waals surface area (Å²) in [6.45, 7) is 3.14. The van der Waals surface area contributed by atoms with E-state index in [4.69, 9.17) is 10.5 Å². The molecule has 0 bridgehead atoms. The lowest BCUT2D eigenvalue weighted by Gasteiger charge is -2.21. The normalized spacial score (nSPS) is 10.4. The van der Waals surface area contributed by atoms with Gasteiger partial charge in [-0.2, -0.15) is 0 Å². The standard InChI is InChI=1S/C15H17BrN2O2S/c1-3-18(9-10-7-8-13(16)21-10)15(19)11-5-4-6-12(20-2)14(11)17/h4-8H,3,9,17H2,1-2H3. The Balaban J connectivity index is 2.24. The molecule has 4 nitrogen and oxygen atoms in total. The van der Waals surface area contributed by atoms with Gasteiger partial charge >= 0.3 is 0 Å². The number of benzene rings is 1. The number of carbonyl (C=O) groups is 1. The molecule has 0 saturated heterocycles. The molecule has 0 aliphatic heterocycles. The Hall–Kier alpha value is -1.53. The van der Waals surface area contributed by atoms with Crippen molar-refractivity contribution in [1.82, 2.24) is 4.90 Å². The molecule has 2 aromatic rings. The van der Waals surface area contributed by atoms with Crippen LogP contribution < -0.4 is 10.5 Å². The van der Waals surface area contributed by atoms with E-state index < -0.39 is 0 Å². The molecule has 0 saturated carbocycles. The van der Waals surface area contributed by atoms with Crippen LogP contribution in [0.2, 0.25) is 0 Å². The van der Waals surface area contributed by atoms with Gasteiger partial charge in [-0.25, -0.2) is 0 Å². The highest BCUT2D eigenvalue weighted by Crippen LogP contribution is 2.27. The number of thiophene rings is 1. The summed E-state index contributed by atoms with van der Waals surface area (Å²) in [6.07, 6.45) is 0. The van der Waals surface area contributed by atoms with E-state index in [1.807, 2.05) is 19.1 Å². The molecule has 112 valence electrons. The minimum atomic E-state index is -0.0848. The van der Waals surface area contributed by atoms with Crippen LogP contribution in [0.5, 0.6) is 5.75 Å². The van der Waals surface area contributed by atoms with Crippen LogP contribution >= 0.6 is 27.3 Å². The van der Waals surface area contributed by atoms with Crippen LogP contribution in [0.25, 0.3) is 0 Å². The van der Waals surface area contributed by atoms with Gasteiger partial charge in [0.25, 0.3) is 5.91 Å². The van der Waals surface area contributed by atoms with Crippen molar-refractivity contribution in [3.63, 3.8) is 0 Å². The summed E-state index contributed by atoms with van der Waals surface area (Å²) in [5.74, 6) is 0.439. The second kappa shape index (κ2) is 6.95. The number of nitrogens with zero attached hydrogens (tertiary/aromatic N) is 1. The summed E-state index contributed by atoms with van der Waals surface area (Å²) in [4.78, 5) is 15.6. The Labute approximate surface area is 136 Å². The molecule has 0 unspecified atom stereocenters. The van der Waals surface area contributed by atoms with Gasteiger partial charge in [0.2, 0.25) is 0 Å². The van der Waals surface area contributed by atoms with E-state index in [1.54, 1.807) is 41.5 Å². The quantitative estimate of drug-likeness (QED) is 0.817. The maximum atomic E-state index is 12.7. The first kappa shape index (κ1) is 15.9. The Morgan fingerprint density at radius 1 is 1.38 bits per heavy atom. The van der Waals surface area contributed by atoms with Gasteiger partial charge in [-0.05, 0) is 47.1 Å². The third kappa shape index (κ3) is 3.57. The van der Waals surface area contributed by atoms with Crippen LogP contribution in [-0.4, -0.2) is 24.5 Å². The van der Waals surface area contributed by atoms with Crippen LogP contribution in [0.15, 0.2) is 34.1 Å². The Morgan fingerprint density at radius 3 is 2.71 bits per heavy atom. The number of nitrogen functional groups attached to an aromatic ring is 1. The molecule has 0 atom stereocenters. The number of rotatable bonds is 5. The highest BCUT2D eigenvalue weighted by molar-refractivity contribution is 9.11. The number of amides is 1. The van der Waals surface area contributed by atoms with Gasteiger partial charge in [0.15, 0.2) is 0 Å². The third-order valence-corrected chi connectivity index (χ3v) is 4.77. The van der Waals surface area contributed by atoms with Gasteiger partial charge in [-0.15, -0.1) is 11.3 Å². The average molecular weight is 369 g/mol. The third-order valence-electron chi connectivity index (χ3n) is 3.16. The number of hydrogen-bond acceptors (Lipinski definition) is 4. The monoisotopic (exact) mass is 368 g/mol. The lowest BCUT2D eigenvalue weighted by molar-refractivity contribution is 0.0755. The van der Waals surface area contributed by atoms with E-state index in [1.165, 1.54) is 0 Å². The van der Waals surface area contributed by atoms with E-state index in [-0.39, 0.29) is 5.91 Å². The lowest BCUT2D eigenvalue weighted by Crippen LogP contribution is -2.30. The molecule has 0 fully saturated rings. The number of para-hydroxylation sites is 1. The number of anilines is 1. The maximum absolute atomic E-state index is 12.7. The van der Waals surface area contributed by atoms with E-state index in [0.717, 1.165) is 8.66 Å². The van der Waals surface area contributed by atoms with Crippen molar-refractivity contribution in [2.45, 2.75) is 13.5 Å². The van der Waals surface area contributed by atoms with Crippen molar-refractivity contribution in [2.75, 3.05) is 19.4 Å². The fourth-order valence-corrected chi connectivity index (χ4v) is 3.53. The second-order valence-electron chi connectivity index (χ2n) is 4.45. The molecule has 0 aliphatic rings. The predicted molar refractivity (Wildman–Crippen MR) is 89.8 cm³/mol. The highest BCUT2D eigenvalue weighted by atomic mass is 79.9. The maximum Gasteiger partial charge on any atom is 0.256 e. The smallest absolute Gasteiger partial charge is 0.256 e. The fraction of sp³-hybridized carbons (Fsp3) is 0.267. The van der Waals surface area contributed by atoms with Gasteiger partial charge in [-0.1, -0.05) is 6.07 Å². The summed E-state index contributed by atoms with van der Waals surface area (Å²) in [7, 11) is 1.54. The van der Waals surface area contributed by atoms with Crippen molar-refractivity contribution in [1.29, 1.82) is 0 Å². The number of ether oxygens (including phenoxy) is 1. The summed E-state index contributed by atoms with van der Waals surface area (Å²) >= 11 is 5.06. The zero-order chi connectivity index (χ0) is 15.4. The highest BCUT2D eigenvalue weighted by Gasteiger charge is 2.19. The van der Waals surface area contributed by atoms with Crippen molar-refractivity contribution in [2.24, 2.45) is 0 Å². The lowest BCUT2D eigenvalue weighted by atomic mass is 10.1. The number of nitrogens with two attached hydrogens (primary N) is 1. The first-order valence-electron chi connectivity index (χ1n) is 6.52. The Kier molecular flexibility index (Phi) is 5.25. The number of halogens is 1. The topological polar surface area (TPSA) is 55.6 Å². The molecule has 21 heavy (non-hydrogen) atoms. The zero-order valence-corrected chi connectivity index (χ0v) is 14.3. The molecule has 1 amide bonds. The largest absolute Gasteiger partial charge is 0.495 e. The molecule has 2 rings (SSSR count). The molecular formula is C15H17BrN2O2S. The Morgan fingerprint density at radius 2 is 2.14 bits per heavy atom. The van der Waals surface area contributed by atoms with Gasteiger partial charge in [0, 0.05) is 11.4 Å². The zero-order valence-electron chi connectivity index (χ0n) is 11.9. The first-order valence-corrected chi connectivity index (χ1v) is 8.13. The van der Waals surface area contributed by atoms with Crippen LogP contribution in [0.1, 0.15) is 22.2 Å². The average Bonchev–Trinajstić information content (AvgIpc) is 2.89. The molecule has 1 heterocycles. The number of carbonyl (C=O) groups excluding carboxylic acids is 1. The van der Waals surface area contributed by atoms with E-state index in [0.29, 0.717) is 30.1 Å². The van der Waals surface area contributed by atoms with Gasteiger partial charge in [-0.3, -0.25) is 4.79 Å². The molecule has 0 aliphatic carbocycles. The van der Waals surface area contributed by atoms with Crippen molar-refractivity contribution < 1.29 is 9.53 Å². The van der Waals surface area contributed by atoms with Crippen molar-refractivity contribution in [3.05, 3.63) is 44.6 Å². The summed E-state index contributed by atoms with van der Waals surface area (Å²) in [6, 6.07) is 9.25. The minimum Gasteiger partial charge on any atom is -0.495 e. The van der Waals surface area contributed by atoms with Crippen molar-refractivity contribution in [3.8, 4) is 5.75 Å². The SMILES string of the molecule is CCN(Cc1ccc(Br)s1)C(=O)c1cccc(OC)c1N. The number of methoxy groups -OCH3 is 1. The van der Waals surface area contributed by atoms with Crippen LogP contribution in [-0.2, 0) is 6.54 Å². The van der Waals surface area contributed by atoms with E-state index in [2.05, 4.69) is 15.9 Å². The first-order chi connectivity index (χ1) is 10.1. The second-order valence-corrected chi connectivity index (χ2v) is 6.99. The molecule has 6 heteroatoms.